The number of nitrogen functional groups attached to an aromatic ring is 1. The Morgan fingerprint density at radius 1 is 1.14 bits per heavy atom. The Bertz CT molecular complexity index is 773. The Hall–Kier alpha value is -1.84. The van der Waals surface area contributed by atoms with Crippen LogP contribution in [-0.4, -0.2) is 29.8 Å². The van der Waals surface area contributed by atoms with E-state index in [1.54, 1.807) is 26.0 Å². The number of hydrogen-bond acceptors (Lipinski definition) is 4. The molecule has 0 atom stereocenters. The van der Waals surface area contributed by atoms with Crippen LogP contribution in [0.1, 0.15) is 59.3 Å². The molecule has 5 N–H and O–H groups in total. The number of carbonyl (C=O) groups excluding carboxylic acids is 3. The number of amides is 3. The van der Waals surface area contributed by atoms with Crippen molar-refractivity contribution in [3.05, 3.63) is 21.8 Å². The Morgan fingerprint density at radius 3 is 2.38 bits per heavy atom. The van der Waals surface area contributed by atoms with Crippen LogP contribution in [-0.2, 0) is 14.4 Å². The second-order valence-corrected chi connectivity index (χ2v) is 9.41. The molecule has 0 unspecified atom stereocenters. The molecule has 0 spiro atoms. The van der Waals surface area contributed by atoms with Gasteiger partial charge < -0.3 is 21.7 Å². The van der Waals surface area contributed by atoms with Gasteiger partial charge in [-0.2, -0.15) is 0 Å². The molecule has 2 rings (SSSR count). The lowest BCUT2D eigenvalue weighted by Crippen LogP contribution is -2.61. The Kier molecular flexibility index (Phi) is 7.90. The number of rotatable bonds is 7. The van der Waals surface area contributed by atoms with E-state index in [0.717, 1.165) is 29.3 Å². The van der Waals surface area contributed by atoms with Crippen LogP contribution >= 0.6 is 22.6 Å². The van der Waals surface area contributed by atoms with E-state index in [4.69, 9.17) is 5.73 Å². The van der Waals surface area contributed by atoms with Crippen molar-refractivity contribution in [3.8, 4) is 0 Å². The summed E-state index contributed by atoms with van der Waals surface area (Å²) in [6, 6.07) is 5.40. The lowest BCUT2D eigenvalue weighted by Gasteiger charge is -2.38. The summed E-state index contributed by atoms with van der Waals surface area (Å²) in [6.07, 6.45) is 4.52. The van der Waals surface area contributed by atoms with Gasteiger partial charge in [-0.15, -0.1) is 0 Å². The first-order valence-electron chi connectivity index (χ1n) is 10.1. The lowest BCUT2D eigenvalue weighted by atomic mass is 9.79. The fourth-order valence-corrected chi connectivity index (χ4v) is 3.91. The molecular formula is C21H31IN4O3. The van der Waals surface area contributed by atoms with Crippen LogP contribution in [0, 0.1) is 8.99 Å². The van der Waals surface area contributed by atoms with Crippen molar-refractivity contribution in [2.45, 2.75) is 64.8 Å². The topological polar surface area (TPSA) is 113 Å². The standard InChI is InChI=1S/C21H31IN4O3/c1-4-12-24-17(27)20(2,3)18(28)26-21(10-6-5-7-11-21)19(29)25-16-9-8-14(22)13-15(16)23/h8-9,13H,4-7,10-12,23H2,1-3H3,(H,24,27)(H,25,29)(H,26,28). The molecule has 1 aliphatic carbocycles. The fourth-order valence-electron chi connectivity index (χ4n) is 3.39. The van der Waals surface area contributed by atoms with Gasteiger partial charge in [-0.3, -0.25) is 14.4 Å². The summed E-state index contributed by atoms with van der Waals surface area (Å²) in [5.41, 5.74) is 4.71. The van der Waals surface area contributed by atoms with Gasteiger partial charge in [0.15, 0.2) is 0 Å². The van der Waals surface area contributed by atoms with E-state index in [0.29, 0.717) is 30.8 Å². The molecule has 0 bridgehead atoms. The van der Waals surface area contributed by atoms with E-state index >= 15 is 0 Å². The summed E-state index contributed by atoms with van der Waals surface area (Å²) < 4.78 is 0.971. The van der Waals surface area contributed by atoms with Crippen molar-refractivity contribution in [3.63, 3.8) is 0 Å². The highest BCUT2D eigenvalue weighted by atomic mass is 127. The number of carbonyl (C=O) groups is 3. The average Bonchev–Trinajstić information content (AvgIpc) is 2.68. The van der Waals surface area contributed by atoms with Gasteiger partial charge in [0, 0.05) is 10.1 Å². The molecule has 1 aliphatic rings. The number of hydrogen-bond donors (Lipinski definition) is 4. The summed E-state index contributed by atoms with van der Waals surface area (Å²) in [7, 11) is 0. The van der Waals surface area contributed by atoms with Crippen LogP contribution in [0.4, 0.5) is 11.4 Å². The molecule has 1 fully saturated rings. The Balaban J connectivity index is 2.21. The zero-order valence-corrected chi connectivity index (χ0v) is 19.5. The third-order valence-electron chi connectivity index (χ3n) is 5.43. The second kappa shape index (κ2) is 9.77. The molecule has 7 nitrogen and oxygen atoms in total. The molecule has 8 heteroatoms. The van der Waals surface area contributed by atoms with E-state index in [-0.39, 0.29) is 11.8 Å². The summed E-state index contributed by atoms with van der Waals surface area (Å²) in [6.45, 7) is 5.62. The second-order valence-electron chi connectivity index (χ2n) is 8.16. The zero-order chi connectivity index (χ0) is 21.7. The predicted octanol–water partition coefficient (Wildman–Crippen LogP) is 3.18. The third kappa shape index (κ3) is 5.61. The van der Waals surface area contributed by atoms with E-state index in [1.165, 1.54) is 0 Å². The number of halogens is 1. The van der Waals surface area contributed by atoms with Crippen LogP contribution < -0.4 is 21.7 Å². The minimum absolute atomic E-state index is 0.289. The summed E-state index contributed by atoms with van der Waals surface area (Å²) in [4.78, 5) is 38.7. The molecule has 0 heterocycles. The van der Waals surface area contributed by atoms with E-state index < -0.39 is 16.9 Å². The monoisotopic (exact) mass is 514 g/mol. The molecular weight excluding hydrogens is 483 g/mol. The molecule has 160 valence electrons. The molecule has 3 amide bonds. The lowest BCUT2D eigenvalue weighted by molar-refractivity contribution is -0.145. The highest BCUT2D eigenvalue weighted by molar-refractivity contribution is 14.1. The largest absolute Gasteiger partial charge is 0.397 e. The van der Waals surface area contributed by atoms with Gasteiger partial charge in [0.05, 0.1) is 11.4 Å². The maximum Gasteiger partial charge on any atom is 0.250 e. The van der Waals surface area contributed by atoms with Gasteiger partial charge in [-0.05, 0) is 73.9 Å². The maximum absolute atomic E-state index is 13.2. The van der Waals surface area contributed by atoms with Crippen LogP contribution in [0.2, 0.25) is 0 Å². The van der Waals surface area contributed by atoms with Crippen molar-refractivity contribution in [1.82, 2.24) is 10.6 Å². The summed E-state index contributed by atoms with van der Waals surface area (Å²) in [5, 5.41) is 8.58. The van der Waals surface area contributed by atoms with Gasteiger partial charge in [0.2, 0.25) is 17.7 Å². The molecule has 29 heavy (non-hydrogen) atoms. The van der Waals surface area contributed by atoms with Gasteiger partial charge in [-0.1, -0.05) is 26.2 Å². The summed E-state index contributed by atoms with van der Waals surface area (Å²) in [5.74, 6) is -1.08. The molecule has 0 aliphatic heterocycles. The zero-order valence-electron chi connectivity index (χ0n) is 17.4. The van der Waals surface area contributed by atoms with Crippen molar-refractivity contribution < 1.29 is 14.4 Å². The van der Waals surface area contributed by atoms with Gasteiger partial charge >= 0.3 is 0 Å². The van der Waals surface area contributed by atoms with Gasteiger partial charge in [0.1, 0.15) is 11.0 Å². The SMILES string of the molecule is CCCNC(=O)C(C)(C)C(=O)NC1(C(=O)Nc2ccc(I)cc2N)CCCCC1. The normalized spacial score (nSPS) is 16.0. The molecule has 0 saturated heterocycles. The van der Waals surface area contributed by atoms with Crippen LogP contribution in [0.3, 0.4) is 0 Å². The Morgan fingerprint density at radius 2 is 1.79 bits per heavy atom. The van der Waals surface area contributed by atoms with Crippen molar-refractivity contribution in [1.29, 1.82) is 0 Å². The highest BCUT2D eigenvalue weighted by Crippen LogP contribution is 2.32. The smallest absolute Gasteiger partial charge is 0.250 e. The minimum Gasteiger partial charge on any atom is -0.397 e. The van der Waals surface area contributed by atoms with Gasteiger partial charge in [-0.25, -0.2) is 0 Å². The average molecular weight is 514 g/mol. The highest BCUT2D eigenvalue weighted by Gasteiger charge is 2.45. The maximum atomic E-state index is 13.2. The fraction of sp³-hybridized carbons (Fsp3) is 0.571. The molecule has 1 aromatic rings. The molecule has 0 aromatic heterocycles. The van der Waals surface area contributed by atoms with E-state index in [1.807, 2.05) is 13.0 Å². The van der Waals surface area contributed by atoms with Crippen molar-refractivity contribution >= 4 is 51.7 Å². The molecule has 1 aromatic carbocycles. The predicted molar refractivity (Wildman–Crippen MR) is 123 cm³/mol. The Labute approximate surface area is 186 Å². The van der Waals surface area contributed by atoms with Crippen molar-refractivity contribution in [2.75, 3.05) is 17.6 Å². The third-order valence-corrected chi connectivity index (χ3v) is 6.10. The number of anilines is 2. The van der Waals surface area contributed by atoms with E-state index in [9.17, 15) is 14.4 Å². The minimum atomic E-state index is -1.28. The van der Waals surface area contributed by atoms with E-state index in [2.05, 4.69) is 38.5 Å². The first kappa shape index (κ1) is 23.4. The number of benzene rings is 1. The summed E-state index contributed by atoms with van der Waals surface area (Å²) >= 11 is 2.15. The first-order chi connectivity index (χ1) is 13.6. The van der Waals surface area contributed by atoms with Crippen LogP contribution in [0.15, 0.2) is 18.2 Å². The molecule has 1 saturated carbocycles. The van der Waals surface area contributed by atoms with Gasteiger partial charge in [0.25, 0.3) is 0 Å². The first-order valence-corrected chi connectivity index (χ1v) is 11.2. The number of nitrogens with two attached hydrogens (primary N) is 1. The van der Waals surface area contributed by atoms with Crippen LogP contribution in [0.25, 0.3) is 0 Å². The molecule has 0 radical (unpaired) electrons. The van der Waals surface area contributed by atoms with Crippen molar-refractivity contribution in [2.24, 2.45) is 5.41 Å². The van der Waals surface area contributed by atoms with Crippen LogP contribution in [0.5, 0.6) is 0 Å². The number of nitrogens with one attached hydrogen (secondary N) is 3. The quantitative estimate of drug-likeness (QED) is 0.254.